The number of phenolic OH excluding ortho intramolecular Hbond substituents is 1. The largest absolute Gasteiger partial charge is 0.507 e. The van der Waals surface area contributed by atoms with Gasteiger partial charge < -0.3 is 20.3 Å². The number of methoxy groups -OCH3 is 1. The molecule has 0 heterocycles. The molecule has 0 amide bonds. The van der Waals surface area contributed by atoms with E-state index in [2.05, 4.69) is 12.2 Å². The number of benzene rings is 1. The van der Waals surface area contributed by atoms with Crippen molar-refractivity contribution in [1.29, 1.82) is 0 Å². The lowest BCUT2D eigenvalue weighted by atomic mass is 10.1. The van der Waals surface area contributed by atoms with Gasteiger partial charge in [0.2, 0.25) is 0 Å². The van der Waals surface area contributed by atoms with Gasteiger partial charge in [0.1, 0.15) is 11.5 Å². The predicted octanol–water partition coefficient (Wildman–Crippen LogP) is 1.51. The maximum Gasteiger partial charge on any atom is 0.123 e. The Balaban J connectivity index is 2.41. The van der Waals surface area contributed by atoms with Gasteiger partial charge in [-0.3, -0.25) is 0 Å². The molecule has 1 unspecified atom stereocenters. The highest BCUT2D eigenvalue weighted by atomic mass is 16.5. The van der Waals surface area contributed by atoms with Gasteiger partial charge in [-0.2, -0.15) is 0 Å². The molecular formula is C13H21NO3. The van der Waals surface area contributed by atoms with Crippen molar-refractivity contribution in [3.05, 3.63) is 23.8 Å². The summed E-state index contributed by atoms with van der Waals surface area (Å²) < 4.78 is 5.02. The van der Waals surface area contributed by atoms with E-state index in [4.69, 9.17) is 9.84 Å². The predicted molar refractivity (Wildman–Crippen MR) is 67.2 cm³/mol. The molecule has 0 fully saturated rings. The smallest absolute Gasteiger partial charge is 0.123 e. The van der Waals surface area contributed by atoms with Gasteiger partial charge in [0.25, 0.3) is 0 Å². The summed E-state index contributed by atoms with van der Waals surface area (Å²) in [5.74, 6) is 1.33. The highest BCUT2D eigenvalue weighted by molar-refractivity contribution is 5.39. The number of nitrogens with one attached hydrogen (secondary N) is 1. The van der Waals surface area contributed by atoms with Gasteiger partial charge in [-0.1, -0.05) is 13.0 Å². The minimum absolute atomic E-state index is 0.219. The van der Waals surface area contributed by atoms with E-state index in [1.165, 1.54) is 0 Å². The van der Waals surface area contributed by atoms with Crippen molar-refractivity contribution in [2.75, 3.05) is 20.3 Å². The van der Waals surface area contributed by atoms with Crippen LogP contribution in [0.5, 0.6) is 11.5 Å². The molecule has 0 aliphatic heterocycles. The van der Waals surface area contributed by atoms with E-state index < -0.39 is 0 Å². The summed E-state index contributed by atoms with van der Waals surface area (Å²) in [7, 11) is 1.57. The third kappa shape index (κ3) is 4.63. The SMILES string of the molecule is COc1ccc(CNCC(C)CCO)c(O)c1. The minimum atomic E-state index is 0.219. The van der Waals surface area contributed by atoms with Gasteiger partial charge in [0.15, 0.2) is 0 Å². The molecule has 0 radical (unpaired) electrons. The monoisotopic (exact) mass is 239 g/mol. The summed E-state index contributed by atoms with van der Waals surface area (Å²) in [5.41, 5.74) is 0.849. The molecule has 1 atom stereocenters. The summed E-state index contributed by atoms with van der Waals surface area (Å²) in [5, 5.41) is 21.8. The number of rotatable bonds is 7. The highest BCUT2D eigenvalue weighted by Crippen LogP contribution is 2.23. The van der Waals surface area contributed by atoms with Crippen LogP contribution in [-0.2, 0) is 6.54 Å². The molecule has 1 aromatic rings. The van der Waals surface area contributed by atoms with Gasteiger partial charge in [0.05, 0.1) is 7.11 Å². The number of phenols is 1. The summed E-state index contributed by atoms with van der Waals surface area (Å²) in [6.45, 7) is 3.74. The second-order valence-corrected chi connectivity index (χ2v) is 4.24. The van der Waals surface area contributed by atoms with Gasteiger partial charge >= 0.3 is 0 Å². The lowest BCUT2D eigenvalue weighted by molar-refractivity contribution is 0.260. The minimum Gasteiger partial charge on any atom is -0.507 e. The van der Waals surface area contributed by atoms with Gasteiger partial charge in [-0.05, 0) is 24.9 Å². The Hall–Kier alpha value is -1.26. The van der Waals surface area contributed by atoms with Gasteiger partial charge in [-0.15, -0.1) is 0 Å². The van der Waals surface area contributed by atoms with Crippen LogP contribution in [-0.4, -0.2) is 30.5 Å². The number of hydrogen-bond donors (Lipinski definition) is 3. The fourth-order valence-corrected chi connectivity index (χ4v) is 1.60. The molecule has 3 N–H and O–H groups in total. The Bertz CT molecular complexity index is 341. The Morgan fingerprint density at radius 1 is 1.41 bits per heavy atom. The Kier molecular flexibility index (Phi) is 5.80. The quantitative estimate of drug-likeness (QED) is 0.675. The number of aromatic hydroxyl groups is 1. The van der Waals surface area contributed by atoms with Crippen molar-refractivity contribution in [2.24, 2.45) is 5.92 Å². The molecule has 1 rings (SSSR count). The van der Waals surface area contributed by atoms with Crippen molar-refractivity contribution in [2.45, 2.75) is 19.9 Å². The second kappa shape index (κ2) is 7.14. The number of aliphatic hydroxyl groups excluding tert-OH is 1. The zero-order valence-corrected chi connectivity index (χ0v) is 10.4. The Morgan fingerprint density at radius 3 is 2.76 bits per heavy atom. The second-order valence-electron chi connectivity index (χ2n) is 4.24. The molecule has 1 aromatic carbocycles. The van der Waals surface area contributed by atoms with Crippen molar-refractivity contribution in [3.8, 4) is 11.5 Å². The summed E-state index contributed by atoms with van der Waals surface area (Å²) in [6.07, 6.45) is 0.793. The lowest BCUT2D eigenvalue weighted by Gasteiger charge is -2.12. The summed E-state index contributed by atoms with van der Waals surface area (Å²) in [6, 6.07) is 5.28. The molecule has 0 saturated heterocycles. The van der Waals surface area contributed by atoms with Crippen molar-refractivity contribution >= 4 is 0 Å². The van der Waals surface area contributed by atoms with Crippen LogP contribution < -0.4 is 10.1 Å². The first-order chi connectivity index (χ1) is 8.17. The third-order valence-electron chi connectivity index (χ3n) is 2.72. The average molecular weight is 239 g/mol. The van der Waals surface area contributed by atoms with E-state index in [1.54, 1.807) is 13.2 Å². The molecular weight excluding hydrogens is 218 g/mol. The molecule has 4 nitrogen and oxygen atoms in total. The maximum absolute atomic E-state index is 9.73. The van der Waals surface area contributed by atoms with Gasteiger partial charge in [0, 0.05) is 24.8 Å². The number of ether oxygens (including phenoxy) is 1. The standard InChI is InChI=1S/C13H21NO3/c1-10(5-6-15)8-14-9-11-3-4-12(17-2)7-13(11)16/h3-4,7,10,14-16H,5-6,8-9H2,1-2H3. The first-order valence-corrected chi connectivity index (χ1v) is 5.84. The number of aliphatic hydroxyl groups is 1. The Morgan fingerprint density at radius 2 is 2.18 bits per heavy atom. The molecule has 0 aliphatic rings. The molecule has 17 heavy (non-hydrogen) atoms. The van der Waals surface area contributed by atoms with E-state index in [1.807, 2.05) is 12.1 Å². The Labute approximate surface area is 102 Å². The molecule has 0 aromatic heterocycles. The third-order valence-corrected chi connectivity index (χ3v) is 2.72. The lowest BCUT2D eigenvalue weighted by Crippen LogP contribution is -2.21. The van der Waals surface area contributed by atoms with E-state index >= 15 is 0 Å². The van der Waals surface area contributed by atoms with Crippen molar-refractivity contribution in [1.82, 2.24) is 5.32 Å². The van der Waals surface area contributed by atoms with E-state index in [9.17, 15) is 5.11 Å². The molecule has 0 bridgehead atoms. The van der Waals surface area contributed by atoms with Gasteiger partial charge in [-0.25, -0.2) is 0 Å². The van der Waals surface area contributed by atoms with Crippen LogP contribution in [0.3, 0.4) is 0 Å². The normalized spacial score (nSPS) is 12.4. The fourth-order valence-electron chi connectivity index (χ4n) is 1.60. The first kappa shape index (κ1) is 13.8. The topological polar surface area (TPSA) is 61.7 Å². The average Bonchev–Trinajstić information content (AvgIpc) is 2.31. The van der Waals surface area contributed by atoms with Crippen molar-refractivity contribution < 1.29 is 14.9 Å². The van der Waals surface area contributed by atoms with Crippen LogP contribution in [0.4, 0.5) is 0 Å². The summed E-state index contributed by atoms with van der Waals surface area (Å²) in [4.78, 5) is 0. The highest BCUT2D eigenvalue weighted by Gasteiger charge is 2.04. The molecule has 0 saturated carbocycles. The van der Waals surface area contributed by atoms with Crippen LogP contribution in [0.1, 0.15) is 18.9 Å². The summed E-state index contributed by atoms with van der Waals surface area (Å²) >= 11 is 0. The number of hydrogen-bond acceptors (Lipinski definition) is 4. The molecule has 0 spiro atoms. The molecule has 4 heteroatoms. The van der Waals surface area contributed by atoms with Crippen LogP contribution in [0.2, 0.25) is 0 Å². The van der Waals surface area contributed by atoms with E-state index in [0.29, 0.717) is 18.2 Å². The zero-order chi connectivity index (χ0) is 12.7. The maximum atomic E-state index is 9.73. The van der Waals surface area contributed by atoms with Crippen molar-refractivity contribution in [3.63, 3.8) is 0 Å². The van der Waals surface area contributed by atoms with Crippen LogP contribution in [0.15, 0.2) is 18.2 Å². The van der Waals surface area contributed by atoms with E-state index in [-0.39, 0.29) is 12.4 Å². The first-order valence-electron chi connectivity index (χ1n) is 5.84. The van der Waals surface area contributed by atoms with Crippen LogP contribution in [0, 0.1) is 5.92 Å². The molecule has 96 valence electrons. The molecule has 0 aliphatic carbocycles. The zero-order valence-electron chi connectivity index (χ0n) is 10.4. The fraction of sp³-hybridized carbons (Fsp3) is 0.538. The van der Waals surface area contributed by atoms with Crippen LogP contribution in [0.25, 0.3) is 0 Å². The van der Waals surface area contributed by atoms with Crippen LogP contribution >= 0.6 is 0 Å². The van der Waals surface area contributed by atoms with E-state index in [0.717, 1.165) is 18.5 Å².